The van der Waals surface area contributed by atoms with Crippen LogP contribution >= 0.6 is 15.9 Å². The molecule has 1 unspecified atom stereocenters. The molecule has 0 amide bonds. The molecular weight excluding hydrogens is 283 g/mol. The van der Waals surface area contributed by atoms with Crippen LogP contribution in [0.1, 0.15) is 10.4 Å². The maximum atomic E-state index is 12.8. The largest absolute Gasteiger partial charge is 0.454 e. The Bertz CT molecular complexity index is 319. The molecule has 0 N–H and O–H groups in total. The molecule has 0 aromatic heterocycles. The SMILES string of the molecule is FC(F)(F)C(F)(F)C(Br)c1ccccc1. The Morgan fingerprint density at radius 1 is 0.933 bits per heavy atom. The van der Waals surface area contributed by atoms with Gasteiger partial charge in [0.05, 0.1) is 0 Å². The number of hydrogen-bond acceptors (Lipinski definition) is 0. The summed E-state index contributed by atoms with van der Waals surface area (Å²) in [6.07, 6.45) is -5.56. The Morgan fingerprint density at radius 2 is 1.40 bits per heavy atom. The second-order valence-corrected chi connectivity index (χ2v) is 3.81. The van der Waals surface area contributed by atoms with Crippen LogP contribution in [-0.4, -0.2) is 12.1 Å². The van der Waals surface area contributed by atoms with Crippen molar-refractivity contribution in [1.29, 1.82) is 0 Å². The van der Waals surface area contributed by atoms with Gasteiger partial charge >= 0.3 is 12.1 Å². The van der Waals surface area contributed by atoms with Crippen molar-refractivity contribution in [3.05, 3.63) is 35.9 Å². The van der Waals surface area contributed by atoms with Gasteiger partial charge in [-0.3, -0.25) is 0 Å². The summed E-state index contributed by atoms with van der Waals surface area (Å²) in [5.74, 6) is -4.78. The van der Waals surface area contributed by atoms with Gasteiger partial charge < -0.3 is 0 Å². The van der Waals surface area contributed by atoms with Crippen LogP contribution in [0.15, 0.2) is 30.3 Å². The maximum absolute atomic E-state index is 12.8. The molecule has 0 fully saturated rings. The third kappa shape index (κ3) is 2.48. The molecule has 6 heteroatoms. The molecule has 0 saturated heterocycles. The van der Waals surface area contributed by atoms with Crippen molar-refractivity contribution in [3.8, 4) is 0 Å². The molecule has 1 aromatic carbocycles. The van der Waals surface area contributed by atoms with Gasteiger partial charge in [0.1, 0.15) is 4.83 Å². The third-order valence-corrected chi connectivity index (χ3v) is 2.89. The van der Waals surface area contributed by atoms with Crippen LogP contribution in [-0.2, 0) is 0 Å². The predicted octanol–water partition coefficient (Wildman–Crippen LogP) is 4.32. The zero-order valence-electron chi connectivity index (χ0n) is 7.23. The van der Waals surface area contributed by atoms with Gasteiger partial charge in [-0.25, -0.2) is 0 Å². The quantitative estimate of drug-likeness (QED) is 0.562. The molecule has 0 bridgehead atoms. The number of benzene rings is 1. The molecule has 15 heavy (non-hydrogen) atoms. The van der Waals surface area contributed by atoms with E-state index in [2.05, 4.69) is 15.9 Å². The minimum atomic E-state index is -5.56. The third-order valence-electron chi connectivity index (χ3n) is 1.79. The van der Waals surface area contributed by atoms with Gasteiger partial charge in [0.2, 0.25) is 0 Å². The first-order valence-electron chi connectivity index (χ1n) is 3.90. The summed E-state index contributed by atoms with van der Waals surface area (Å²) in [4.78, 5) is -2.06. The zero-order chi connectivity index (χ0) is 11.7. The van der Waals surface area contributed by atoms with Gasteiger partial charge in [0.15, 0.2) is 0 Å². The monoisotopic (exact) mass is 288 g/mol. The van der Waals surface area contributed by atoms with Crippen LogP contribution in [0.25, 0.3) is 0 Å². The van der Waals surface area contributed by atoms with E-state index >= 15 is 0 Å². The van der Waals surface area contributed by atoms with E-state index in [0.717, 1.165) is 0 Å². The van der Waals surface area contributed by atoms with Crippen molar-refractivity contribution in [2.45, 2.75) is 16.9 Å². The molecule has 0 radical (unpaired) electrons. The van der Waals surface area contributed by atoms with Crippen LogP contribution in [0.4, 0.5) is 22.0 Å². The highest BCUT2D eigenvalue weighted by molar-refractivity contribution is 9.09. The van der Waals surface area contributed by atoms with E-state index < -0.39 is 16.9 Å². The first kappa shape index (κ1) is 12.4. The highest BCUT2D eigenvalue weighted by Crippen LogP contribution is 2.48. The fraction of sp³-hybridized carbons (Fsp3) is 0.333. The van der Waals surface area contributed by atoms with E-state index in [0.29, 0.717) is 0 Å². The van der Waals surface area contributed by atoms with Crippen LogP contribution in [0.5, 0.6) is 0 Å². The van der Waals surface area contributed by atoms with Crippen molar-refractivity contribution in [2.75, 3.05) is 0 Å². The van der Waals surface area contributed by atoms with Crippen molar-refractivity contribution in [3.63, 3.8) is 0 Å². The van der Waals surface area contributed by atoms with Crippen LogP contribution in [0.3, 0.4) is 0 Å². The lowest BCUT2D eigenvalue weighted by Gasteiger charge is -2.24. The Labute approximate surface area is 91.2 Å². The fourth-order valence-corrected chi connectivity index (χ4v) is 1.54. The highest BCUT2D eigenvalue weighted by Gasteiger charge is 2.62. The number of alkyl halides is 6. The average Bonchev–Trinajstić information content (AvgIpc) is 2.16. The molecule has 0 saturated carbocycles. The van der Waals surface area contributed by atoms with E-state index in [1.165, 1.54) is 30.3 Å². The van der Waals surface area contributed by atoms with Gasteiger partial charge in [-0.05, 0) is 5.56 Å². The van der Waals surface area contributed by atoms with Crippen LogP contribution in [0.2, 0.25) is 0 Å². The average molecular weight is 289 g/mol. The molecule has 0 spiro atoms. The summed E-state index contributed by atoms with van der Waals surface area (Å²) in [5, 5.41) is 0. The zero-order valence-corrected chi connectivity index (χ0v) is 8.82. The molecule has 84 valence electrons. The summed E-state index contributed by atoms with van der Waals surface area (Å²) >= 11 is 2.37. The van der Waals surface area contributed by atoms with Gasteiger partial charge in [-0.15, -0.1) is 0 Å². The fourth-order valence-electron chi connectivity index (χ4n) is 0.975. The second-order valence-electron chi connectivity index (χ2n) is 2.89. The van der Waals surface area contributed by atoms with E-state index in [1.54, 1.807) is 0 Å². The number of rotatable bonds is 2. The van der Waals surface area contributed by atoms with Crippen molar-refractivity contribution in [2.24, 2.45) is 0 Å². The lowest BCUT2D eigenvalue weighted by atomic mass is 10.1. The van der Waals surface area contributed by atoms with Gasteiger partial charge in [-0.1, -0.05) is 46.3 Å². The first-order valence-corrected chi connectivity index (χ1v) is 4.82. The number of hydrogen-bond donors (Lipinski definition) is 0. The van der Waals surface area contributed by atoms with Gasteiger partial charge in [0, 0.05) is 0 Å². The first-order chi connectivity index (χ1) is 6.77. The lowest BCUT2D eigenvalue weighted by molar-refractivity contribution is -0.281. The number of halogens is 6. The normalized spacial score (nSPS) is 15.1. The molecule has 1 aromatic rings. The predicted molar refractivity (Wildman–Crippen MR) is 49.1 cm³/mol. The molecule has 0 aliphatic carbocycles. The minimum absolute atomic E-state index is 0.111. The molecular formula is C9H6BrF5. The summed E-state index contributed by atoms with van der Waals surface area (Å²) < 4.78 is 61.6. The molecule has 1 rings (SSSR count). The lowest BCUT2D eigenvalue weighted by Crippen LogP contribution is -2.39. The Kier molecular flexibility index (Phi) is 3.38. The Morgan fingerprint density at radius 3 is 1.80 bits per heavy atom. The molecule has 0 aliphatic rings. The summed E-state index contributed by atoms with van der Waals surface area (Å²) in [7, 11) is 0. The topological polar surface area (TPSA) is 0 Å². The van der Waals surface area contributed by atoms with Crippen LogP contribution in [0, 0.1) is 0 Å². The van der Waals surface area contributed by atoms with E-state index in [9.17, 15) is 22.0 Å². The second kappa shape index (κ2) is 4.08. The van der Waals surface area contributed by atoms with E-state index in [-0.39, 0.29) is 5.56 Å². The minimum Gasteiger partial charge on any atom is -0.195 e. The highest BCUT2D eigenvalue weighted by atomic mass is 79.9. The summed E-state index contributed by atoms with van der Waals surface area (Å²) in [6.45, 7) is 0. The smallest absolute Gasteiger partial charge is 0.195 e. The Balaban J connectivity index is 3.00. The Hall–Kier alpha value is -0.650. The summed E-state index contributed by atoms with van der Waals surface area (Å²) in [5.41, 5.74) is -0.111. The van der Waals surface area contributed by atoms with E-state index in [4.69, 9.17) is 0 Å². The summed E-state index contributed by atoms with van der Waals surface area (Å²) in [6, 6.07) is 6.75. The van der Waals surface area contributed by atoms with E-state index in [1.807, 2.05) is 0 Å². The van der Waals surface area contributed by atoms with Gasteiger partial charge in [0.25, 0.3) is 0 Å². The van der Waals surface area contributed by atoms with Crippen molar-refractivity contribution >= 4 is 15.9 Å². The van der Waals surface area contributed by atoms with Crippen molar-refractivity contribution < 1.29 is 22.0 Å². The molecule has 0 heterocycles. The maximum Gasteiger partial charge on any atom is 0.454 e. The van der Waals surface area contributed by atoms with Crippen molar-refractivity contribution in [1.82, 2.24) is 0 Å². The molecule has 1 atom stereocenters. The standard InChI is InChI=1S/C9H6BrF5/c10-7(6-4-2-1-3-5-6)8(11,12)9(13,14)15/h1-5,7H. The van der Waals surface area contributed by atoms with Crippen LogP contribution < -0.4 is 0 Å². The van der Waals surface area contributed by atoms with Gasteiger partial charge in [-0.2, -0.15) is 22.0 Å². The molecule has 0 nitrogen and oxygen atoms in total. The molecule has 0 aliphatic heterocycles.